The molecule has 0 aliphatic rings. The molecule has 3 atom stereocenters. The third kappa shape index (κ3) is 11.6. The van der Waals surface area contributed by atoms with Crippen LogP contribution in [0, 0.1) is 5.92 Å². The second kappa shape index (κ2) is 14.9. The first-order chi connectivity index (χ1) is 18.0. The van der Waals surface area contributed by atoms with Crippen molar-refractivity contribution in [2.45, 2.75) is 84.5 Å². The number of phenols is 1. The molecule has 1 aromatic carbocycles. The maximum absolute atomic E-state index is 14.1. The number of nitrogens with two attached hydrogens (primary N) is 1. The van der Waals surface area contributed by atoms with E-state index >= 15 is 0 Å². The number of nitrogens with zero attached hydrogens (tertiary/aromatic N) is 1. The van der Waals surface area contributed by atoms with E-state index in [1.165, 1.54) is 36.3 Å². The number of carbonyl (C=O) groups is 5. The van der Waals surface area contributed by atoms with Gasteiger partial charge in [-0.3, -0.25) is 19.2 Å². The molecule has 0 heterocycles. The lowest BCUT2D eigenvalue weighted by molar-refractivity contribution is -0.147. The molecule has 12 nitrogen and oxygen atoms in total. The van der Waals surface area contributed by atoms with Crippen LogP contribution in [-0.2, 0) is 28.7 Å². The molecule has 0 saturated carbocycles. The first kappa shape index (κ1) is 33.2. The molecule has 39 heavy (non-hydrogen) atoms. The summed E-state index contributed by atoms with van der Waals surface area (Å²) in [6.45, 7) is 10.3. The summed E-state index contributed by atoms with van der Waals surface area (Å²) >= 11 is 0. The van der Waals surface area contributed by atoms with Crippen LogP contribution in [0.15, 0.2) is 24.3 Å². The Morgan fingerprint density at radius 3 is 2.10 bits per heavy atom. The Morgan fingerprint density at radius 2 is 1.62 bits per heavy atom. The SMILES string of the molecule is COC(=O)CNC(=O)C(c1ccc(O)cc1)N(C(=O)C(CC(N)=O)NC(=O)OC(C)(C)C)C(C)CCC(C)C. The summed E-state index contributed by atoms with van der Waals surface area (Å²) < 4.78 is 9.88. The number of methoxy groups -OCH3 is 1. The fourth-order valence-corrected chi connectivity index (χ4v) is 3.77. The molecule has 0 spiro atoms. The minimum atomic E-state index is -1.44. The molecular formula is C27H42N4O8. The molecule has 1 rings (SSSR count). The van der Waals surface area contributed by atoms with Gasteiger partial charge in [0.25, 0.3) is 0 Å². The van der Waals surface area contributed by atoms with Crippen LogP contribution >= 0.6 is 0 Å². The number of esters is 1. The fraction of sp³-hybridized carbons (Fsp3) is 0.593. The lowest BCUT2D eigenvalue weighted by Crippen LogP contribution is -2.56. The molecule has 0 aliphatic heterocycles. The molecule has 0 radical (unpaired) electrons. The number of ether oxygens (including phenoxy) is 2. The van der Waals surface area contributed by atoms with Gasteiger partial charge in [-0.1, -0.05) is 26.0 Å². The van der Waals surface area contributed by atoms with Gasteiger partial charge in [-0.2, -0.15) is 0 Å². The predicted octanol–water partition coefficient (Wildman–Crippen LogP) is 2.14. The predicted molar refractivity (Wildman–Crippen MR) is 143 cm³/mol. The van der Waals surface area contributed by atoms with Gasteiger partial charge in [0.05, 0.1) is 13.5 Å². The van der Waals surface area contributed by atoms with Gasteiger partial charge >= 0.3 is 12.1 Å². The molecule has 0 fully saturated rings. The van der Waals surface area contributed by atoms with Crippen molar-refractivity contribution in [3.05, 3.63) is 29.8 Å². The summed E-state index contributed by atoms with van der Waals surface area (Å²) in [5.41, 5.74) is 4.86. The molecular weight excluding hydrogens is 508 g/mol. The van der Waals surface area contributed by atoms with E-state index < -0.39 is 66.5 Å². The third-order valence-corrected chi connectivity index (χ3v) is 5.66. The van der Waals surface area contributed by atoms with E-state index in [1.807, 2.05) is 13.8 Å². The number of aromatic hydroxyl groups is 1. The number of phenolic OH excluding ortho intramolecular Hbond substituents is 1. The molecule has 4 amide bonds. The Bertz CT molecular complexity index is 1000. The van der Waals surface area contributed by atoms with Crippen molar-refractivity contribution in [3.63, 3.8) is 0 Å². The van der Waals surface area contributed by atoms with Crippen LogP contribution in [0.3, 0.4) is 0 Å². The van der Waals surface area contributed by atoms with Gasteiger partial charge in [0.1, 0.15) is 30.0 Å². The molecule has 0 aromatic heterocycles. The van der Waals surface area contributed by atoms with Crippen LogP contribution < -0.4 is 16.4 Å². The van der Waals surface area contributed by atoms with Crippen molar-refractivity contribution in [3.8, 4) is 5.75 Å². The fourth-order valence-electron chi connectivity index (χ4n) is 3.77. The summed E-state index contributed by atoms with van der Waals surface area (Å²) in [6.07, 6.45) is -0.291. The lowest BCUT2D eigenvalue weighted by Gasteiger charge is -2.38. The van der Waals surface area contributed by atoms with Crippen LogP contribution in [0.5, 0.6) is 5.75 Å². The van der Waals surface area contributed by atoms with Crippen LogP contribution in [0.4, 0.5) is 4.79 Å². The molecule has 3 unspecified atom stereocenters. The number of hydrogen-bond donors (Lipinski definition) is 4. The van der Waals surface area contributed by atoms with Crippen LogP contribution in [0.2, 0.25) is 0 Å². The highest BCUT2D eigenvalue weighted by atomic mass is 16.6. The molecule has 0 saturated heterocycles. The Labute approximate surface area is 229 Å². The summed E-state index contributed by atoms with van der Waals surface area (Å²) in [6, 6.07) is 2.37. The summed E-state index contributed by atoms with van der Waals surface area (Å²) in [5.74, 6) is -2.78. The second-order valence-corrected chi connectivity index (χ2v) is 10.7. The standard InChI is InChI=1S/C27H42N4O8/c1-16(2)8-9-17(3)31(25(36)20(14-21(28)33)30-26(37)39-27(4,5)6)23(18-10-12-19(32)13-11-18)24(35)29-15-22(34)38-7/h10-13,16-17,20,23,32H,8-9,14-15H2,1-7H3,(H2,28,33)(H,29,35)(H,30,37). The second-order valence-electron chi connectivity index (χ2n) is 10.7. The van der Waals surface area contributed by atoms with Crippen molar-refractivity contribution in [2.75, 3.05) is 13.7 Å². The minimum Gasteiger partial charge on any atom is -0.508 e. The first-order valence-corrected chi connectivity index (χ1v) is 12.8. The van der Waals surface area contributed by atoms with E-state index in [-0.39, 0.29) is 11.7 Å². The van der Waals surface area contributed by atoms with Crippen molar-refractivity contribution >= 4 is 29.8 Å². The molecule has 1 aromatic rings. The van der Waals surface area contributed by atoms with Crippen LogP contribution in [0.1, 0.15) is 72.4 Å². The number of amides is 4. The van der Waals surface area contributed by atoms with Gasteiger partial charge in [0, 0.05) is 6.04 Å². The number of rotatable bonds is 13. The number of primary amides is 1. The Hall–Kier alpha value is -3.83. The van der Waals surface area contributed by atoms with E-state index in [4.69, 9.17) is 10.5 Å². The summed E-state index contributed by atoms with van der Waals surface area (Å²) in [4.78, 5) is 65.1. The highest BCUT2D eigenvalue weighted by Crippen LogP contribution is 2.29. The normalized spacial score (nSPS) is 13.5. The number of benzene rings is 1. The van der Waals surface area contributed by atoms with Crippen LogP contribution in [-0.4, -0.2) is 71.1 Å². The van der Waals surface area contributed by atoms with Gasteiger partial charge < -0.3 is 35.8 Å². The number of alkyl carbamates (subject to hydrolysis) is 1. The number of hydrogen-bond acceptors (Lipinski definition) is 8. The van der Waals surface area contributed by atoms with Gasteiger partial charge in [0.2, 0.25) is 17.7 Å². The van der Waals surface area contributed by atoms with E-state index in [0.29, 0.717) is 18.4 Å². The monoisotopic (exact) mass is 550 g/mol. The van der Waals surface area contributed by atoms with E-state index in [2.05, 4.69) is 15.4 Å². The zero-order valence-corrected chi connectivity index (χ0v) is 23.8. The smallest absolute Gasteiger partial charge is 0.408 e. The molecule has 218 valence electrons. The van der Waals surface area contributed by atoms with Gasteiger partial charge in [-0.25, -0.2) is 4.79 Å². The van der Waals surface area contributed by atoms with E-state index in [0.717, 1.165) is 0 Å². The lowest BCUT2D eigenvalue weighted by atomic mass is 9.96. The molecule has 0 bridgehead atoms. The average molecular weight is 551 g/mol. The number of nitrogens with one attached hydrogen (secondary N) is 2. The van der Waals surface area contributed by atoms with Gasteiger partial charge in [0.15, 0.2) is 0 Å². The molecule has 0 aliphatic carbocycles. The largest absolute Gasteiger partial charge is 0.508 e. The average Bonchev–Trinajstić information content (AvgIpc) is 2.82. The highest BCUT2D eigenvalue weighted by molar-refractivity contribution is 5.95. The Morgan fingerprint density at radius 1 is 1.03 bits per heavy atom. The van der Waals surface area contributed by atoms with E-state index in [1.54, 1.807) is 27.7 Å². The molecule has 12 heteroatoms. The summed E-state index contributed by atoms with van der Waals surface area (Å²) in [5, 5.41) is 14.7. The first-order valence-electron chi connectivity index (χ1n) is 12.8. The Kier molecular flexibility index (Phi) is 12.7. The quantitative estimate of drug-likeness (QED) is 0.270. The maximum Gasteiger partial charge on any atom is 0.408 e. The van der Waals surface area contributed by atoms with Gasteiger partial charge in [-0.05, 0) is 64.2 Å². The minimum absolute atomic E-state index is 0.0589. The molecule has 5 N–H and O–H groups in total. The number of carbonyl (C=O) groups excluding carboxylic acids is 5. The van der Waals surface area contributed by atoms with Gasteiger partial charge in [-0.15, -0.1) is 0 Å². The Balaban J connectivity index is 3.61. The van der Waals surface area contributed by atoms with Crippen LogP contribution in [0.25, 0.3) is 0 Å². The van der Waals surface area contributed by atoms with Crippen molar-refractivity contribution in [1.82, 2.24) is 15.5 Å². The zero-order valence-electron chi connectivity index (χ0n) is 23.8. The zero-order chi connectivity index (χ0) is 29.9. The highest BCUT2D eigenvalue weighted by Gasteiger charge is 2.39. The maximum atomic E-state index is 14.1. The van der Waals surface area contributed by atoms with E-state index in [9.17, 15) is 29.1 Å². The topological polar surface area (TPSA) is 177 Å². The summed E-state index contributed by atoms with van der Waals surface area (Å²) in [7, 11) is 1.17. The van der Waals surface area contributed by atoms with Crippen molar-refractivity contribution in [2.24, 2.45) is 11.7 Å². The van der Waals surface area contributed by atoms with Crippen molar-refractivity contribution < 1.29 is 38.6 Å². The third-order valence-electron chi connectivity index (χ3n) is 5.66. The van der Waals surface area contributed by atoms with Crippen molar-refractivity contribution in [1.29, 1.82) is 0 Å².